The zero-order chi connectivity index (χ0) is 17.9. The van der Waals surface area contributed by atoms with E-state index in [0.717, 1.165) is 16.5 Å². The van der Waals surface area contributed by atoms with E-state index in [1.165, 1.54) is 0 Å². The summed E-state index contributed by atoms with van der Waals surface area (Å²) in [5, 5.41) is 18.3. The van der Waals surface area contributed by atoms with Gasteiger partial charge in [0, 0.05) is 29.4 Å². The Labute approximate surface area is 149 Å². The van der Waals surface area contributed by atoms with E-state index in [2.05, 4.69) is 25.7 Å². The van der Waals surface area contributed by atoms with E-state index < -0.39 is 0 Å². The van der Waals surface area contributed by atoms with Crippen LogP contribution in [0.3, 0.4) is 0 Å². The lowest BCUT2D eigenvalue weighted by atomic mass is 10.1. The van der Waals surface area contributed by atoms with E-state index in [1.807, 2.05) is 25.1 Å². The van der Waals surface area contributed by atoms with Gasteiger partial charge in [-0.2, -0.15) is 10.2 Å². The molecule has 2 heterocycles. The van der Waals surface area contributed by atoms with Crippen molar-refractivity contribution < 1.29 is 9.53 Å². The molecule has 0 aliphatic rings. The Morgan fingerprint density at radius 2 is 2.04 bits per heavy atom. The summed E-state index contributed by atoms with van der Waals surface area (Å²) in [5.41, 5.74) is 2.83. The highest BCUT2D eigenvalue weighted by molar-refractivity contribution is 6.11. The van der Waals surface area contributed by atoms with E-state index in [1.54, 1.807) is 42.6 Å². The number of rotatable bonds is 4. The fourth-order valence-electron chi connectivity index (χ4n) is 2.59. The molecular formula is C19H15N5O2. The first kappa shape index (κ1) is 15.8. The summed E-state index contributed by atoms with van der Waals surface area (Å²) in [6, 6.07) is 16.3. The minimum Gasteiger partial charge on any atom is -0.437 e. The van der Waals surface area contributed by atoms with Gasteiger partial charge in [-0.05, 0) is 37.3 Å². The van der Waals surface area contributed by atoms with Crippen LogP contribution < -0.4 is 10.1 Å². The van der Waals surface area contributed by atoms with Gasteiger partial charge >= 0.3 is 0 Å². The Hall–Kier alpha value is -3.74. The van der Waals surface area contributed by atoms with Gasteiger partial charge < -0.3 is 10.1 Å². The number of H-pyrrole nitrogens is 1. The quantitative estimate of drug-likeness (QED) is 0.588. The van der Waals surface area contributed by atoms with Gasteiger partial charge in [-0.15, -0.1) is 5.10 Å². The molecule has 0 saturated carbocycles. The zero-order valence-electron chi connectivity index (χ0n) is 13.9. The highest BCUT2D eigenvalue weighted by Crippen LogP contribution is 2.23. The maximum atomic E-state index is 12.6. The van der Waals surface area contributed by atoms with Gasteiger partial charge in [0.05, 0.1) is 5.52 Å². The lowest BCUT2D eigenvalue weighted by Crippen LogP contribution is -2.12. The summed E-state index contributed by atoms with van der Waals surface area (Å²) in [6.45, 7) is 1.97. The van der Waals surface area contributed by atoms with Crippen molar-refractivity contribution in [3.05, 3.63) is 72.1 Å². The maximum absolute atomic E-state index is 12.6. The fraction of sp³-hybridized carbons (Fsp3) is 0.0526. The second-order valence-electron chi connectivity index (χ2n) is 5.77. The molecule has 0 bridgehead atoms. The van der Waals surface area contributed by atoms with Gasteiger partial charge in [0.25, 0.3) is 5.91 Å². The van der Waals surface area contributed by atoms with Crippen LogP contribution in [-0.2, 0) is 0 Å². The number of hydrogen-bond donors (Lipinski definition) is 2. The molecule has 0 saturated heterocycles. The monoisotopic (exact) mass is 345 g/mol. The summed E-state index contributed by atoms with van der Waals surface area (Å²) < 4.78 is 5.63. The second-order valence-corrected chi connectivity index (χ2v) is 5.77. The van der Waals surface area contributed by atoms with E-state index in [0.29, 0.717) is 23.0 Å². The molecule has 128 valence electrons. The predicted molar refractivity (Wildman–Crippen MR) is 97.3 cm³/mol. The van der Waals surface area contributed by atoms with Crippen LogP contribution >= 0.6 is 0 Å². The number of ether oxygens (including phenoxy) is 1. The number of carbonyl (C=O) groups excluding carboxylic acids is 1. The normalized spacial score (nSPS) is 10.7. The molecule has 0 radical (unpaired) electrons. The van der Waals surface area contributed by atoms with E-state index >= 15 is 0 Å². The number of benzene rings is 2. The third-order valence-corrected chi connectivity index (χ3v) is 3.80. The molecule has 0 aliphatic heterocycles. The SMILES string of the molecule is Cc1ccc2[nH]nc(C(=O)Nc3cccc(Oc4cccnn4)c3)c2c1. The third-order valence-electron chi connectivity index (χ3n) is 3.80. The molecule has 7 nitrogen and oxygen atoms in total. The largest absolute Gasteiger partial charge is 0.437 e. The molecule has 2 aromatic carbocycles. The molecule has 0 atom stereocenters. The number of hydrogen-bond acceptors (Lipinski definition) is 5. The smallest absolute Gasteiger partial charge is 0.276 e. The average molecular weight is 345 g/mol. The number of aromatic amines is 1. The third kappa shape index (κ3) is 3.23. The molecule has 4 aromatic rings. The van der Waals surface area contributed by atoms with Gasteiger partial charge in [0.1, 0.15) is 5.75 Å². The number of amides is 1. The van der Waals surface area contributed by atoms with Crippen molar-refractivity contribution in [3.63, 3.8) is 0 Å². The van der Waals surface area contributed by atoms with Crippen LogP contribution in [0.1, 0.15) is 16.1 Å². The molecular weight excluding hydrogens is 330 g/mol. The van der Waals surface area contributed by atoms with Crippen LogP contribution in [-0.4, -0.2) is 26.3 Å². The van der Waals surface area contributed by atoms with Crippen molar-refractivity contribution in [1.82, 2.24) is 20.4 Å². The summed E-state index contributed by atoms with van der Waals surface area (Å²) in [6.07, 6.45) is 1.57. The molecule has 1 amide bonds. The van der Waals surface area contributed by atoms with Crippen LogP contribution in [0.2, 0.25) is 0 Å². The molecule has 2 N–H and O–H groups in total. The maximum Gasteiger partial charge on any atom is 0.276 e. The second kappa shape index (κ2) is 6.64. The number of nitrogens with zero attached hydrogens (tertiary/aromatic N) is 3. The minimum atomic E-state index is -0.293. The number of anilines is 1. The Morgan fingerprint density at radius 1 is 1.12 bits per heavy atom. The molecule has 7 heteroatoms. The van der Waals surface area contributed by atoms with Gasteiger partial charge in [0.2, 0.25) is 5.88 Å². The van der Waals surface area contributed by atoms with Crippen molar-refractivity contribution in [3.8, 4) is 11.6 Å². The van der Waals surface area contributed by atoms with Crippen molar-refractivity contribution >= 4 is 22.5 Å². The summed E-state index contributed by atoms with van der Waals surface area (Å²) in [4.78, 5) is 12.6. The van der Waals surface area contributed by atoms with Crippen molar-refractivity contribution in [1.29, 1.82) is 0 Å². The number of nitrogens with one attached hydrogen (secondary N) is 2. The Kier molecular flexibility index (Phi) is 4.03. The average Bonchev–Trinajstić information content (AvgIpc) is 3.06. The number of aromatic nitrogens is 4. The molecule has 0 spiro atoms. The van der Waals surface area contributed by atoms with Crippen molar-refractivity contribution in [2.45, 2.75) is 6.92 Å². The number of carbonyl (C=O) groups is 1. The Bertz CT molecular complexity index is 1080. The minimum absolute atomic E-state index is 0.293. The summed E-state index contributed by atoms with van der Waals surface area (Å²) in [5.74, 6) is 0.634. The predicted octanol–water partition coefficient (Wildman–Crippen LogP) is 3.71. The molecule has 26 heavy (non-hydrogen) atoms. The topological polar surface area (TPSA) is 92.8 Å². The molecule has 0 fully saturated rings. The van der Waals surface area contributed by atoms with E-state index in [4.69, 9.17) is 4.74 Å². The van der Waals surface area contributed by atoms with Gasteiger partial charge in [-0.1, -0.05) is 17.7 Å². The molecule has 0 aliphatic carbocycles. The van der Waals surface area contributed by atoms with Crippen LogP contribution in [0.15, 0.2) is 60.8 Å². The standard InChI is InChI=1S/C19H15N5O2/c1-12-7-8-16-15(10-12)18(24-22-16)19(25)21-13-4-2-5-14(11-13)26-17-6-3-9-20-23-17/h2-11H,1H3,(H,21,25)(H,22,24). The van der Waals surface area contributed by atoms with Crippen molar-refractivity contribution in [2.24, 2.45) is 0 Å². The van der Waals surface area contributed by atoms with E-state index in [-0.39, 0.29) is 5.91 Å². The zero-order valence-corrected chi connectivity index (χ0v) is 13.9. The highest BCUT2D eigenvalue weighted by atomic mass is 16.5. The number of fused-ring (bicyclic) bond motifs is 1. The lowest BCUT2D eigenvalue weighted by molar-refractivity contribution is 0.102. The fourth-order valence-corrected chi connectivity index (χ4v) is 2.59. The van der Waals surface area contributed by atoms with Gasteiger partial charge in [0.15, 0.2) is 5.69 Å². The van der Waals surface area contributed by atoms with Crippen LogP contribution in [0.25, 0.3) is 10.9 Å². The van der Waals surface area contributed by atoms with E-state index in [9.17, 15) is 4.79 Å². The van der Waals surface area contributed by atoms with Gasteiger partial charge in [-0.3, -0.25) is 9.89 Å². The van der Waals surface area contributed by atoms with Crippen molar-refractivity contribution in [2.75, 3.05) is 5.32 Å². The number of aryl methyl sites for hydroxylation is 1. The van der Waals surface area contributed by atoms with Gasteiger partial charge in [-0.25, -0.2) is 0 Å². The molecule has 4 rings (SSSR count). The Morgan fingerprint density at radius 3 is 2.88 bits per heavy atom. The Balaban J connectivity index is 1.56. The first-order valence-electron chi connectivity index (χ1n) is 8.01. The first-order valence-corrected chi connectivity index (χ1v) is 8.01. The molecule has 2 aromatic heterocycles. The lowest BCUT2D eigenvalue weighted by Gasteiger charge is -2.07. The van der Waals surface area contributed by atoms with Crippen LogP contribution in [0, 0.1) is 6.92 Å². The summed E-state index contributed by atoms with van der Waals surface area (Å²) >= 11 is 0. The first-order chi connectivity index (χ1) is 12.7. The van der Waals surface area contributed by atoms with Crippen LogP contribution in [0.4, 0.5) is 5.69 Å². The van der Waals surface area contributed by atoms with Crippen LogP contribution in [0.5, 0.6) is 11.6 Å². The highest BCUT2D eigenvalue weighted by Gasteiger charge is 2.14. The summed E-state index contributed by atoms with van der Waals surface area (Å²) in [7, 11) is 0. The molecule has 0 unspecified atom stereocenters.